The quantitative estimate of drug-likeness (QED) is 0.471. The zero-order chi connectivity index (χ0) is 25.2. The Hall–Kier alpha value is -3.78. The van der Waals surface area contributed by atoms with Gasteiger partial charge in [0.1, 0.15) is 11.2 Å². The van der Waals surface area contributed by atoms with Crippen LogP contribution < -0.4 is 11.1 Å². The number of hydrogen-bond donors (Lipinski definition) is 3. The van der Waals surface area contributed by atoms with E-state index in [0.29, 0.717) is 27.7 Å². The molecule has 2 amide bonds. The first-order valence-corrected chi connectivity index (χ1v) is 10.9. The second-order valence-electron chi connectivity index (χ2n) is 8.50. The van der Waals surface area contributed by atoms with Crippen LogP contribution in [0.4, 0.5) is 0 Å². The van der Waals surface area contributed by atoms with E-state index in [-0.39, 0.29) is 12.1 Å². The zero-order valence-corrected chi connectivity index (χ0v) is 20.0. The number of aliphatic carboxylic acids is 1. The van der Waals surface area contributed by atoms with Crippen LogP contribution in [0.1, 0.15) is 41.3 Å². The number of primary amides is 1. The average Bonchev–Trinajstić information content (AvgIpc) is 2.73. The molecule has 3 rings (SSSR count). The molecule has 2 aromatic carbocycles. The first kappa shape index (κ1) is 24.9. The van der Waals surface area contributed by atoms with Gasteiger partial charge in [0.05, 0.1) is 23.5 Å². The number of aryl methyl sites for hydroxylation is 2. The van der Waals surface area contributed by atoms with Crippen molar-refractivity contribution in [3.8, 4) is 22.4 Å². The van der Waals surface area contributed by atoms with Crippen LogP contribution in [-0.4, -0.2) is 38.4 Å². The number of halogens is 1. The van der Waals surface area contributed by atoms with Crippen LogP contribution in [0, 0.1) is 13.8 Å². The molecule has 0 aliphatic carbocycles. The SMILES string of the molecule is Cc1nc(C)c(-c2ccc(-c3ccc(CC(=O)NC(C)(C)C(=O)O)cc3Cl)cc2)nc1C(N)=O. The van der Waals surface area contributed by atoms with E-state index < -0.39 is 23.3 Å². The summed E-state index contributed by atoms with van der Waals surface area (Å²) in [6, 6.07) is 12.7. The number of amides is 2. The number of nitrogens with two attached hydrogens (primary N) is 1. The van der Waals surface area contributed by atoms with Gasteiger partial charge in [-0.3, -0.25) is 14.6 Å². The highest BCUT2D eigenvalue weighted by molar-refractivity contribution is 6.33. The molecule has 0 saturated heterocycles. The third-order valence-corrected chi connectivity index (χ3v) is 5.64. The van der Waals surface area contributed by atoms with Gasteiger partial charge in [0.2, 0.25) is 5.91 Å². The van der Waals surface area contributed by atoms with Crippen LogP contribution in [0.15, 0.2) is 42.5 Å². The lowest BCUT2D eigenvalue weighted by Crippen LogP contribution is -2.50. The van der Waals surface area contributed by atoms with E-state index in [1.54, 1.807) is 19.1 Å². The van der Waals surface area contributed by atoms with Crippen LogP contribution in [-0.2, 0) is 16.0 Å². The predicted octanol–water partition coefficient (Wildman–Crippen LogP) is 3.70. The Kier molecular flexibility index (Phi) is 7.02. The fourth-order valence-corrected chi connectivity index (χ4v) is 3.79. The van der Waals surface area contributed by atoms with Gasteiger partial charge in [0.25, 0.3) is 5.91 Å². The average molecular weight is 481 g/mol. The Morgan fingerprint density at radius 3 is 2.18 bits per heavy atom. The Bertz CT molecular complexity index is 1290. The third kappa shape index (κ3) is 5.40. The molecule has 0 aliphatic rings. The Morgan fingerprint density at radius 1 is 1.00 bits per heavy atom. The van der Waals surface area contributed by atoms with E-state index in [4.69, 9.17) is 22.4 Å². The number of rotatable bonds is 7. The zero-order valence-electron chi connectivity index (χ0n) is 19.3. The fraction of sp³-hybridized carbons (Fsp3) is 0.240. The monoisotopic (exact) mass is 480 g/mol. The van der Waals surface area contributed by atoms with Gasteiger partial charge in [-0.2, -0.15) is 0 Å². The van der Waals surface area contributed by atoms with Gasteiger partial charge < -0.3 is 16.2 Å². The molecule has 0 saturated carbocycles. The normalized spacial score (nSPS) is 11.2. The van der Waals surface area contributed by atoms with Gasteiger partial charge in [-0.05, 0) is 44.9 Å². The van der Waals surface area contributed by atoms with E-state index in [9.17, 15) is 14.4 Å². The molecular formula is C25H25ClN4O4. The summed E-state index contributed by atoms with van der Waals surface area (Å²) < 4.78 is 0. The maximum atomic E-state index is 12.2. The molecule has 4 N–H and O–H groups in total. The van der Waals surface area contributed by atoms with Crippen molar-refractivity contribution in [3.05, 3.63) is 70.1 Å². The van der Waals surface area contributed by atoms with Crippen LogP contribution >= 0.6 is 11.6 Å². The van der Waals surface area contributed by atoms with Gasteiger partial charge in [0.15, 0.2) is 0 Å². The van der Waals surface area contributed by atoms with Crippen LogP contribution in [0.25, 0.3) is 22.4 Å². The molecule has 0 spiro atoms. The molecule has 1 aromatic heterocycles. The highest BCUT2D eigenvalue weighted by atomic mass is 35.5. The Morgan fingerprint density at radius 2 is 1.62 bits per heavy atom. The number of carboxylic acid groups (broad SMARTS) is 1. The summed E-state index contributed by atoms with van der Waals surface area (Å²) >= 11 is 6.49. The molecule has 0 bridgehead atoms. The van der Waals surface area contributed by atoms with Crippen molar-refractivity contribution < 1.29 is 19.5 Å². The highest BCUT2D eigenvalue weighted by Crippen LogP contribution is 2.31. The minimum absolute atomic E-state index is 0.00319. The summed E-state index contributed by atoms with van der Waals surface area (Å²) in [7, 11) is 0. The number of carbonyl (C=O) groups excluding carboxylic acids is 2. The summed E-state index contributed by atoms with van der Waals surface area (Å²) in [5.74, 6) is -2.16. The number of benzene rings is 2. The second kappa shape index (κ2) is 9.61. The molecule has 9 heteroatoms. The van der Waals surface area contributed by atoms with Crippen LogP contribution in [0.5, 0.6) is 0 Å². The number of aromatic nitrogens is 2. The van der Waals surface area contributed by atoms with E-state index >= 15 is 0 Å². The van der Waals surface area contributed by atoms with Crippen molar-refractivity contribution in [3.63, 3.8) is 0 Å². The third-order valence-electron chi connectivity index (χ3n) is 5.33. The lowest BCUT2D eigenvalue weighted by Gasteiger charge is -2.21. The number of nitrogens with one attached hydrogen (secondary N) is 1. The molecule has 176 valence electrons. The van der Waals surface area contributed by atoms with E-state index in [1.807, 2.05) is 37.3 Å². The first-order chi connectivity index (χ1) is 15.9. The van der Waals surface area contributed by atoms with E-state index in [1.165, 1.54) is 13.8 Å². The lowest BCUT2D eigenvalue weighted by molar-refractivity contribution is -0.145. The lowest BCUT2D eigenvalue weighted by atomic mass is 9.99. The summed E-state index contributed by atoms with van der Waals surface area (Å²) in [5.41, 5.74) is 8.99. The molecule has 34 heavy (non-hydrogen) atoms. The number of carbonyl (C=O) groups is 3. The largest absolute Gasteiger partial charge is 0.480 e. The Balaban J connectivity index is 1.82. The van der Waals surface area contributed by atoms with Crippen molar-refractivity contribution in [2.24, 2.45) is 5.73 Å². The predicted molar refractivity (Wildman–Crippen MR) is 129 cm³/mol. The molecule has 0 aliphatic heterocycles. The maximum absolute atomic E-state index is 12.2. The van der Waals surface area contributed by atoms with Crippen molar-refractivity contribution in [1.29, 1.82) is 0 Å². The first-order valence-electron chi connectivity index (χ1n) is 10.5. The number of carboxylic acids is 1. The van der Waals surface area contributed by atoms with Gasteiger partial charge in [0, 0.05) is 16.1 Å². The highest BCUT2D eigenvalue weighted by Gasteiger charge is 2.28. The molecule has 0 atom stereocenters. The van der Waals surface area contributed by atoms with Crippen molar-refractivity contribution in [2.45, 2.75) is 39.7 Å². The van der Waals surface area contributed by atoms with Gasteiger partial charge in [-0.1, -0.05) is 48.0 Å². The van der Waals surface area contributed by atoms with Crippen LogP contribution in [0.2, 0.25) is 5.02 Å². The molecule has 1 heterocycles. The molecule has 3 aromatic rings. The summed E-state index contributed by atoms with van der Waals surface area (Å²) in [6.07, 6.45) is 0.00319. The summed E-state index contributed by atoms with van der Waals surface area (Å²) in [6.45, 7) is 6.35. The van der Waals surface area contributed by atoms with Gasteiger partial charge in [-0.25, -0.2) is 9.78 Å². The minimum Gasteiger partial charge on any atom is -0.480 e. The molecule has 0 fully saturated rings. The summed E-state index contributed by atoms with van der Waals surface area (Å²) in [5, 5.41) is 12.1. The molecule has 8 nitrogen and oxygen atoms in total. The number of nitrogens with zero attached hydrogens (tertiary/aromatic N) is 2. The molecule has 0 radical (unpaired) electrons. The second-order valence-corrected chi connectivity index (χ2v) is 8.91. The maximum Gasteiger partial charge on any atom is 0.328 e. The fourth-order valence-electron chi connectivity index (χ4n) is 3.48. The smallest absolute Gasteiger partial charge is 0.328 e. The van der Waals surface area contributed by atoms with Gasteiger partial charge in [-0.15, -0.1) is 0 Å². The Labute approximate surface area is 202 Å². The topological polar surface area (TPSA) is 135 Å². The standard InChI is InChI=1S/C25H25ClN4O4/c1-13-21(29-22(23(27)32)14(2)28-13)17-8-6-16(7-9-17)18-10-5-15(11-19(18)26)12-20(31)30-25(3,4)24(33)34/h5-11H,12H2,1-4H3,(H2,27,32)(H,30,31)(H,33,34). The minimum atomic E-state index is -1.36. The molecular weight excluding hydrogens is 456 g/mol. The van der Waals surface area contributed by atoms with E-state index in [2.05, 4.69) is 15.3 Å². The van der Waals surface area contributed by atoms with Crippen molar-refractivity contribution in [2.75, 3.05) is 0 Å². The van der Waals surface area contributed by atoms with Gasteiger partial charge >= 0.3 is 5.97 Å². The van der Waals surface area contributed by atoms with Crippen molar-refractivity contribution in [1.82, 2.24) is 15.3 Å². The summed E-state index contributed by atoms with van der Waals surface area (Å²) in [4.78, 5) is 43.8. The van der Waals surface area contributed by atoms with Crippen LogP contribution in [0.3, 0.4) is 0 Å². The van der Waals surface area contributed by atoms with Crippen molar-refractivity contribution >= 4 is 29.4 Å². The number of hydrogen-bond acceptors (Lipinski definition) is 5. The molecule has 0 unspecified atom stereocenters. The van der Waals surface area contributed by atoms with E-state index in [0.717, 1.165) is 16.7 Å².